The topological polar surface area (TPSA) is 52.1 Å². The molecule has 0 unspecified atom stereocenters. The maximum absolute atomic E-state index is 11.5. The number of nitrogens with zero attached hydrogens (tertiary/aromatic N) is 2. The van der Waals surface area contributed by atoms with Crippen LogP contribution < -0.4 is 4.74 Å². The van der Waals surface area contributed by atoms with Crippen LogP contribution in [0.25, 0.3) is 21.7 Å². The normalized spacial score (nSPS) is 11.1. The van der Waals surface area contributed by atoms with Crippen molar-refractivity contribution in [1.82, 2.24) is 10.2 Å². The van der Waals surface area contributed by atoms with Gasteiger partial charge < -0.3 is 4.74 Å². The highest BCUT2D eigenvalue weighted by atomic mass is 32.1. The fourth-order valence-corrected chi connectivity index (χ4v) is 3.87. The number of carbonyl (C=O) groups is 1. The summed E-state index contributed by atoms with van der Waals surface area (Å²) in [7, 11) is 0. The number of esters is 1. The van der Waals surface area contributed by atoms with Crippen molar-refractivity contribution in [3.63, 3.8) is 0 Å². The molecular formula is C24H26N2O2S. The Labute approximate surface area is 176 Å². The quantitative estimate of drug-likeness (QED) is 0.177. The molecule has 0 spiro atoms. The van der Waals surface area contributed by atoms with Crippen molar-refractivity contribution in [2.24, 2.45) is 0 Å². The van der Waals surface area contributed by atoms with E-state index in [1.54, 1.807) is 36.5 Å². The summed E-state index contributed by atoms with van der Waals surface area (Å²) in [6.07, 6.45) is 9.04. The van der Waals surface area contributed by atoms with Gasteiger partial charge in [-0.2, -0.15) is 0 Å². The van der Waals surface area contributed by atoms with Gasteiger partial charge >= 0.3 is 5.97 Å². The zero-order chi connectivity index (χ0) is 20.5. The maximum Gasteiger partial charge on any atom is 0.335 e. The van der Waals surface area contributed by atoms with E-state index in [0.29, 0.717) is 5.75 Å². The van der Waals surface area contributed by atoms with Crippen LogP contribution in [0.2, 0.25) is 0 Å². The van der Waals surface area contributed by atoms with E-state index in [0.717, 1.165) is 33.1 Å². The zero-order valence-corrected chi connectivity index (χ0v) is 17.7. The van der Waals surface area contributed by atoms with Gasteiger partial charge in [0.05, 0.1) is 0 Å². The number of rotatable bonds is 9. The Kier molecular flexibility index (Phi) is 7.70. The number of hydrogen-bond donors (Lipinski definition) is 0. The average Bonchev–Trinajstić information content (AvgIpc) is 3.21. The molecule has 0 aliphatic rings. The Morgan fingerprint density at radius 1 is 0.931 bits per heavy atom. The first-order valence-electron chi connectivity index (χ1n) is 10.1. The Balaban J connectivity index is 1.63. The SMILES string of the molecule is CC=CC(=O)Oc1ccc(-c2ccc(-c3nnc(CCCCCC)s3)cc2)cc1. The molecule has 0 amide bonds. The van der Waals surface area contributed by atoms with Gasteiger partial charge in [0.1, 0.15) is 15.8 Å². The zero-order valence-electron chi connectivity index (χ0n) is 16.9. The fourth-order valence-electron chi connectivity index (χ4n) is 2.98. The second-order valence-electron chi connectivity index (χ2n) is 6.83. The van der Waals surface area contributed by atoms with Crippen LogP contribution in [0.15, 0.2) is 60.7 Å². The lowest BCUT2D eigenvalue weighted by molar-refractivity contribution is -0.129. The summed E-state index contributed by atoms with van der Waals surface area (Å²) in [4.78, 5) is 11.5. The van der Waals surface area contributed by atoms with Crippen molar-refractivity contribution in [1.29, 1.82) is 0 Å². The number of ether oxygens (including phenoxy) is 1. The molecule has 0 saturated carbocycles. The van der Waals surface area contributed by atoms with Crippen LogP contribution in [-0.2, 0) is 11.2 Å². The molecule has 1 heterocycles. The fraction of sp³-hybridized carbons (Fsp3) is 0.292. The summed E-state index contributed by atoms with van der Waals surface area (Å²) in [5.74, 6) is 0.167. The van der Waals surface area contributed by atoms with Crippen LogP contribution in [0.4, 0.5) is 0 Å². The van der Waals surface area contributed by atoms with Gasteiger partial charge in [0, 0.05) is 18.1 Å². The van der Waals surface area contributed by atoms with Crippen molar-refractivity contribution in [2.75, 3.05) is 0 Å². The lowest BCUT2D eigenvalue weighted by atomic mass is 10.0. The Morgan fingerprint density at radius 3 is 2.24 bits per heavy atom. The highest BCUT2D eigenvalue weighted by Crippen LogP contribution is 2.28. The van der Waals surface area contributed by atoms with Gasteiger partial charge in [-0.15, -0.1) is 10.2 Å². The van der Waals surface area contributed by atoms with Gasteiger partial charge in [0.25, 0.3) is 0 Å². The molecule has 1 aromatic heterocycles. The first-order chi connectivity index (χ1) is 14.2. The molecule has 2 aromatic carbocycles. The Morgan fingerprint density at radius 2 is 1.59 bits per heavy atom. The molecule has 0 fully saturated rings. The molecule has 0 bridgehead atoms. The predicted molar refractivity (Wildman–Crippen MR) is 119 cm³/mol. The molecule has 0 aliphatic carbocycles. The summed E-state index contributed by atoms with van der Waals surface area (Å²) < 4.78 is 5.23. The third kappa shape index (κ3) is 6.09. The summed E-state index contributed by atoms with van der Waals surface area (Å²) in [5, 5.41) is 10.8. The minimum Gasteiger partial charge on any atom is -0.423 e. The smallest absolute Gasteiger partial charge is 0.335 e. The van der Waals surface area contributed by atoms with Crippen molar-refractivity contribution in [2.45, 2.75) is 46.0 Å². The monoisotopic (exact) mass is 406 g/mol. The molecule has 0 N–H and O–H groups in total. The number of unbranched alkanes of at least 4 members (excludes halogenated alkanes) is 3. The van der Waals surface area contributed by atoms with Crippen molar-refractivity contribution >= 4 is 17.3 Å². The number of aromatic nitrogens is 2. The average molecular weight is 407 g/mol. The van der Waals surface area contributed by atoms with Gasteiger partial charge in [0.2, 0.25) is 0 Å². The second kappa shape index (κ2) is 10.7. The van der Waals surface area contributed by atoms with E-state index in [4.69, 9.17) is 4.74 Å². The highest BCUT2D eigenvalue weighted by molar-refractivity contribution is 7.14. The molecule has 3 aromatic rings. The lowest BCUT2D eigenvalue weighted by Gasteiger charge is -2.05. The molecule has 3 rings (SSSR count). The van der Waals surface area contributed by atoms with Gasteiger partial charge in [-0.05, 0) is 36.6 Å². The van der Waals surface area contributed by atoms with Crippen LogP contribution in [0.3, 0.4) is 0 Å². The van der Waals surface area contributed by atoms with Crippen molar-refractivity contribution in [3.8, 4) is 27.4 Å². The molecule has 0 radical (unpaired) electrons. The molecule has 0 aliphatic heterocycles. The minimum absolute atomic E-state index is 0.369. The lowest BCUT2D eigenvalue weighted by Crippen LogP contribution is -2.03. The van der Waals surface area contributed by atoms with E-state index >= 15 is 0 Å². The van der Waals surface area contributed by atoms with Crippen molar-refractivity contribution < 1.29 is 9.53 Å². The number of carbonyl (C=O) groups excluding carboxylic acids is 1. The summed E-state index contributed by atoms with van der Waals surface area (Å²) in [6, 6.07) is 15.8. The molecule has 0 saturated heterocycles. The third-order valence-electron chi connectivity index (χ3n) is 4.55. The van der Waals surface area contributed by atoms with Gasteiger partial charge in [-0.3, -0.25) is 0 Å². The number of hydrogen-bond acceptors (Lipinski definition) is 5. The number of allylic oxidation sites excluding steroid dienone is 1. The Bertz CT molecular complexity index is 944. The summed E-state index contributed by atoms with van der Waals surface area (Å²) >= 11 is 1.68. The van der Waals surface area contributed by atoms with Gasteiger partial charge in [-0.1, -0.05) is 80.0 Å². The van der Waals surface area contributed by atoms with Crippen molar-refractivity contribution in [3.05, 3.63) is 65.7 Å². The molecule has 5 heteroatoms. The molecule has 0 atom stereocenters. The largest absolute Gasteiger partial charge is 0.423 e. The highest BCUT2D eigenvalue weighted by Gasteiger charge is 2.08. The third-order valence-corrected chi connectivity index (χ3v) is 5.58. The molecule has 150 valence electrons. The van der Waals surface area contributed by atoms with E-state index < -0.39 is 0 Å². The Hall–Kier alpha value is -2.79. The number of benzene rings is 2. The van der Waals surface area contributed by atoms with Crippen LogP contribution in [0.1, 0.15) is 44.5 Å². The second-order valence-corrected chi connectivity index (χ2v) is 7.90. The van der Waals surface area contributed by atoms with Crippen LogP contribution >= 0.6 is 11.3 Å². The van der Waals surface area contributed by atoms with E-state index in [1.807, 2.05) is 12.1 Å². The predicted octanol–water partition coefficient (Wildman–Crippen LogP) is 6.48. The van der Waals surface area contributed by atoms with E-state index in [1.165, 1.54) is 31.8 Å². The van der Waals surface area contributed by atoms with Crippen LogP contribution in [-0.4, -0.2) is 16.2 Å². The van der Waals surface area contributed by atoms with E-state index in [-0.39, 0.29) is 5.97 Å². The first-order valence-corrected chi connectivity index (χ1v) is 10.9. The number of aryl methyl sites for hydroxylation is 1. The van der Waals surface area contributed by atoms with Gasteiger partial charge in [-0.25, -0.2) is 4.79 Å². The van der Waals surface area contributed by atoms with Gasteiger partial charge in [0.15, 0.2) is 0 Å². The van der Waals surface area contributed by atoms with E-state index in [2.05, 4.69) is 41.4 Å². The first kappa shape index (κ1) is 20.9. The van der Waals surface area contributed by atoms with E-state index in [9.17, 15) is 4.79 Å². The minimum atomic E-state index is -0.369. The molecule has 4 nitrogen and oxygen atoms in total. The van der Waals surface area contributed by atoms with Crippen LogP contribution in [0.5, 0.6) is 5.75 Å². The summed E-state index contributed by atoms with van der Waals surface area (Å²) in [6.45, 7) is 4.01. The molecular weight excluding hydrogens is 380 g/mol. The maximum atomic E-state index is 11.5. The van der Waals surface area contributed by atoms with Crippen LogP contribution in [0, 0.1) is 0 Å². The summed E-state index contributed by atoms with van der Waals surface area (Å²) in [5.41, 5.74) is 3.25. The molecule has 29 heavy (non-hydrogen) atoms. The standard InChI is InChI=1S/C24H26N2O2S/c1-3-5-6-7-9-22-25-26-24(29-22)20-12-10-18(11-13-20)19-14-16-21(17-15-19)28-23(27)8-4-2/h4,8,10-17H,3,5-7,9H2,1-2H3.